The van der Waals surface area contributed by atoms with Crippen molar-refractivity contribution in [3.05, 3.63) is 41.4 Å². The zero-order valence-electron chi connectivity index (χ0n) is 7.03. The second kappa shape index (κ2) is 5.12. The predicted molar refractivity (Wildman–Crippen MR) is 60.2 cm³/mol. The molecule has 0 heterocycles. The molecule has 0 aliphatic carbocycles. The van der Waals surface area contributed by atoms with Crippen molar-refractivity contribution < 1.29 is 0 Å². The Balaban J connectivity index is 0.00000144. The summed E-state index contributed by atoms with van der Waals surface area (Å²) in [6.45, 7) is 3.58. The molecule has 0 saturated heterocycles. The van der Waals surface area contributed by atoms with E-state index in [4.69, 9.17) is 23.1 Å². The summed E-state index contributed by atoms with van der Waals surface area (Å²) in [4.78, 5) is 0. The fraction of sp³-hybridized carbons (Fsp3) is 0.111. The zero-order chi connectivity index (χ0) is 9.14. The smallest absolute Gasteiger partial charge is 0.0499 e. The van der Waals surface area contributed by atoms with E-state index in [9.17, 15) is 0 Å². The van der Waals surface area contributed by atoms with Gasteiger partial charge in [-0.15, -0.1) is 19.0 Å². The van der Waals surface area contributed by atoms with Gasteiger partial charge >= 0.3 is 0 Å². The fourth-order valence-electron chi connectivity index (χ4n) is 0.961. The Morgan fingerprint density at radius 3 is 2.62 bits per heavy atom. The van der Waals surface area contributed by atoms with E-state index in [0.717, 1.165) is 5.56 Å². The molecular weight excluding hydrogens is 207 g/mol. The largest absolute Gasteiger partial charge is 0.398 e. The van der Waals surface area contributed by atoms with Gasteiger partial charge in [-0.1, -0.05) is 17.7 Å². The molecule has 1 rings (SSSR count). The molecule has 13 heavy (non-hydrogen) atoms. The highest BCUT2D eigenvalue weighted by Gasteiger charge is 2.05. The van der Waals surface area contributed by atoms with Crippen LogP contribution in [0.2, 0.25) is 5.02 Å². The summed E-state index contributed by atoms with van der Waals surface area (Å²) in [6, 6.07) is 4.98. The minimum Gasteiger partial charge on any atom is -0.398 e. The molecule has 2 nitrogen and oxygen atoms in total. The minimum absolute atomic E-state index is 0. The SMILES string of the molecule is C=C[C@@H](N)c1cc(Cl)ccc1N.Cl. The third-order valence-electron chi connectivity index (χ3n) is 1.66. The van der Waals surface area contributed by atoms with Crippen LogP contribution in [0, 0.1) is 0 Å². The lowest BCUT2D eigenvalue weighted by Crippen LogP contribution is -2.09. The second-order valence-corrected chi connectivity index (χ2v) is 2.97. The summed E-state index contributed by atoms with van der Waals surface area (Å²) in [5.41, 5.74) is 12.8. The van der Waals surface area contributed by atoms with Crippen molar-refractivity contribution in [3.8, 4) is 0 Å². The highest BCUT2D eigenvalue weighted by Crippen LogP contribution is 2.23. The normalized spacial score (nSPS) is 11.5. The van der Waals surface area contributed by atoms with Crippen LogP contribution in [0.25, 0.3) is 0 Å². The average molecular weight is 219 g/mol. The van der Waals surface area contributed by atoms with Crippen LogP contribution < -0.4 is 11.5 Å². The third kappa shape index (κ3) is 2.92. The quantitative estimate of drug-likeness (QED) is 0.593. The van der Waals surface area contributed by atoms with Crippen molar-refractivity contribution in [2.45, 2.75) is 6.04 Å². The molecule has 1 aromatic rings. The lowest BCUT2D eigenvalue weighted by Gasteiger charge is -2.09. The van der Waals surface area contributed by atoms with Gasteiger partial charge in [-0.2, -0.15) is 0 Å². The molecule has 0 saturated carbocycles. The van der Waals surface area contributed by atoms with Gasteiger partial charge in [0.25, 0.3) is 0 Å². The van der Waals surface area contributed by atoms with Crippen molar-refractivity contribution in [2.75, 3.05) is 5.73 Å². The van der Waals surface area contributed by atoms with E-state index in [0.29, 0.717) is 10.7 Å². The van der Waals surface area contributed by atoms with Crippen LogP contribution in [0.5, 0.6) is 0 Å². The van der Waals surface area contributed by atoms with Gasteiger partial charge in [0.2, 0.25) is 0 Å². The Morgan fingerprint density at radius 1 is 1.46 bits per heavy atom. The molecule has 0 unspecified atom stereocenters. The van der Waals surface area contributed by atoms with Gasteiger partial charge in [0, 0.05) is 16.8 Å². The predicted octanol–water partition coefficient (Wildman–Crippen LogP) is 2.53. The van der Waals surface area contributed by atoms with Crippen LogP contribution in [0.1, 0.15) is 11.6 Å². The Hall–Kier alpha value is -0.700. The minimum atomic E-state index is -0.247. The number of halogens is 2. The third-order valence-corrected chi connectivity index (χ3v) is 1.90. The summed E-state index contributed by atoms with van der Waals surface area (Å²) in [5.74, 6) is 0. The Bertz CT molecular complexity index is 300. The van der Waals surface area contributed by atoms with Crippen LogP contribution >= 0.6 is 24.0 Å². The maximum Gasteiger partial charge on any atom is 0.0499 e. The molecule has 0 bridgehead atoms. The average Bonchev–Trinajstić information content (AvgIpc) is 2.08. The fourth-order valence-corrected chi connectivity index (χ4v) is 1.14. The van der Waals surface area contributed by atoms with Gasteiger partial charge in [-0.3, -0.25) is 0 Å². The molecule has 1 aromatic carbocycles. The molecule has 0 spiro atoms. The Morgan fingerprint density at radius 2 is 2.08 bits per heavy atom. The van der Waals surface area contributed by atoms with E-state index in [2.05, 4.69) is 6.58 Å². The standard InChI is InChI=1S/C9H11ClN2.ClH/c1-2-8(11)7-5-6(10)3-4-9(7)12;/h2-5,8H,1,11-12H2;1H/t8-;/m1./s1. The van der Waals surface area contributed by atoms with E-state index in [-0.39, 0.29) is 18.4 Å². The summed E-state index contributed by atoms with van der Waals surface area (Å²) in [6.07, 6.45) is 1.63. The molecule has 0 aliphatic heterocycles. The van der Waals surface area contributed by atoms with Gasteiger partial charge in [-0.05, 0) is 23.8 Å². The second-order valence-electron chi connectivity index (χ2n) is 2.53. The van der Waals surface area contributed by atoms with Crippen LogP contribution in [-0.4, -0.2) is 0 Å². The number of hydrogen-bond donors (Lipinski definition) is 2. The molecule has 4 heteroatoms. The van der Waals surface area contributed by atoms with E-state index >= 15 is 0 Å². The van der Waals surface area contributed by atoms with Crippen LogP contribution in [-0.2, 0) is 0 Å². The van der Waals surface area contributed by atoms with Gasteiger partial charge in [0.05, 0.1) is 0 Å². The molecule has 0 aromatic heterocycles. The van der Waals surface area contributed by atoms with Crippen molar-refractivity contribution in [3.63, 3.8) is 0 Å². The van der Waals surface area contributed by atoms with Crippen molar-refractivity contribution in [1.29, 1.82) is 0 Å². The van der Waals surface area contributed by atoms with Gasteiger partial charge in [0.15, 0.2) is 0 Å². The molecule has 4 N–H and O–H groups in total. The van der Waals surface area contributed by atoms with Gasteiger partial charge < -0.3 is 11.5 Å². The number of nitrogen functional groups attached to an aromatic ring is 1. The highest BCUT2D eigenvalue weighted by atomic mass is 35.5. The van der Waals surface area contributed by atoms with E-state index < -0.39 is 0 Å². The Kier molecular flexibility index (Phi) is 4.85. The van der Waals surface area contributed by atoms with Crippen molar-refractivity contribution in [1.82, 2.24) is 0 Å². The topological polar surface area (TPSA) is 52.0 Å². The molecule has 1 atom stereocenters. The summed E-state index contributed by atoms with van der Waals surface area (Å²) in [7, 11) is 0. The molecular formula is C9H12Cl2N2. The molecule has 0 aliphatic rings. The van der Waals surface area contributed by atoms with Gasteiger partial charge in [-0.25, -0.2) is 0 Å². The zero-order valence-corrected chi connectivity index (χ0v) is 8.61. The van der Waals surface area contributed by atoms with Crippen LogP contribution in [0.15, 0.2) is 30.9 Å². The number of benzene rings is 1. The van der Waals surface area contributed by atoms with E-state index in [1.807, 2.05) is 0 Å². The Labute approximate surface area is 89.0 Å². The van der Waals surface area contributed by atoms with Crippen LogP contribution in [0.4, 0.5) is 5.69 Å². The van der Waals surface area contributed by atoms with E-state index in [1.165, 1.54) is 0 Å². The van der Waals surface area contributed by atoms with Crippen LogP contribution in [0.3, 0.4) is 0 Å². The maximum atomic E-state index is 5.77. The first kappa shape index (κ1) is 12.3. The number of hydrogen-bond acceptors (Lipinski definition) is 2. The van der Waals surface area contributed by atoms with Crippen molar-refractivity contribution >= 4 is 29.7 Å². The lowest BCUT2D eigenvalue weighted by molar-refractivity contribution is 0.918. The van der Waals surface area contributed by atoms with Crippen molar-refractivity contribution in [2.24, 2.45) is 5.73 Å². The number of rotatable bonds is 2. The monoisotopic (exact) mass is 218 g/mol. The molecule has 0 amide bonds. The van der Waals surface area contributed by atoms with Gasteiger partial charge in [0.1, 0.15) is 0 Å². The highest BCUT2D eigenvalue weighted by molar-refractivity contribution is 6.30. The lowest BCUT2D eigenvalue weighted by atomic mass is 10.1. The summed E-state index contributed by atoms with van der Waals surface area (Å²) >= 11 is 5.77. The summed E-state index contributed by atoms with van der Waals surface area (Å²) in [5, 5.41) is 0.636. The first-order valence-electron chi connectivity index (χ1n) is 3.58. The first-order valence-corrected chi connectivity index (χ1v) is 3.96. The van der Waals surface area contributed by atoms with E-state index in [1.54, 1.807) is 24.3 Å². The summed E-state index contributed by atoms with van der Waals surface area (Å²) < 4.78 is 0. The number of nitrogens with two attached hydrogens (primary N) is 2. The molecule has 0 radical (unpaired) electrons. The maximum absolute atomic E-state index is 5.77. The number of anilines is 1. The molecule has 0 fully saturated rings. The molecule has 72 valence electrons. The first-order chi connectivity index (χ1) is 5.65.